The average molecular weight is 749 g/mol. The van der Waals surface area contributed by atoms with Crippen LogP contribution in [0.25, 0.3) is 80.7 Å². The summed E-state index contributed by atoms with van der Waals surface area (Å²) in [6.07, 6.45) is -0.395. The fourth-order valence-electron chi connectivity index (χ4n) is 8.66. The number of nitrogens with one attached hydrogen (secondary N) is 1. The Kier molecular flexibility index (Phi) is 7.09. The fourth-order valence-corrected chi connectivity index (χ4v) is 9.79. The molecule has 1 aliphatic heterocycles. The molecule has 0 saturated carbocycles. The smallest absolute Gasteiger partial charge is 0.159 e. The maximum absolute atomic E-state index is 6.47. The lowest BCUT2D eigenvalue weighted by molar-refractivity contribution is 0.628. The lowest BCUT2D eigenvalue weighted by Crippen LogP contribution is -2.33. The topological polar surface area (TPSA) is 54.8 Å². The second-order valence-electron chi connectivity index (χ2n) is 14.6. The summed E-state index contributed by atoms with van der Waals surface area (Å²) in [6, 6.07) is 64.4. The summed E-state index contributed by atoms with van der Waals surface area (Å²) in [5.74, 6) is 1.47. The number of para-hydroxylation sites is 4. The van der Waals surface area contributed by atoms with Gasteiger partial charge in [-0.15, -0.1) is 11.3 Å². The first-order valence-electron chi connectivity index (χ1n) is 19.2. The van der Waals surface area contributed by atoms with Gasteiger partial charge in [-0.1, -0.05) is 133 Å². The SMILES string of the molecule is c1ccc(C2=NC(c3ccc4c(c3)sc3ccc(-c5cccc6c5c5ccccc5n6-c5ccccc5)cc34)=NC(c3cccc4c3oc3ccccc34)N2)cc1. The molecule has 1 unspecified atom stereocenters. The number of hydrogen-bond donors (Lipinski definition) is 1. The van der Waals surface area contributed by atoms with Crippen molar-refractivity contribution >= 4 is 86.9 Å². The first-order chi connectivity index (χ1) is 28.2. The maximum Gasteiger partial charge on any atom is 0.159 e. The van der Waals surface area contributed by atoms with E-state index in [1.807, 2.05) is 41.7 Å². The molecule has 1 atom stereocenters. The average Bonchev–Trinajstić information content (AvgIpc) is 3.96. The minimum atomic E-state index is -0.395. The predicted octanol–water partition coefficient (Wildman–Crippen LogP) is 13.2. The lowest BCUT2D eigenvalue weighted by atomic mass is 9.98. The molecule has 0 radical (unpaired) electrons. The normalized spacial score (nSPS) is 14.5. The van der Waals surface area contributed by atoms with Crippen LogP contribution >= 0.6 is 11.3 Å². The van der Waals surface area contributed by atoms with Crippen molar-refractivity contribution in [3.63, 3.8) is 0 Å². The number of benzene rings is 8. The standard InChI is InChI=1S/C51H32N4OS/c1-3-13-31(14-4-1)49-52-50(54-51(53-49)40-21-11-20-38-36-17-8-10-24-44(36)56-48(38)40)33-25-27-37-41-29-32(26-28-45(41)57-46(37)30-33)35-19-12-23-43-47(35)39-18-7-9-22-42(39)55(43)34-15-5-2-6-16-34/h1-30,51H,(H,52,53,54). The highest BCUT2D eigenvalue weighted by molar-refractivity contribution is 7.25. The predicted molar refractivity (Wildman–Crippen MR) is 238 cm³/mol. The second kappa shape index (κ2) is 12.6. The zero-order valence-corrected chi connectivity index (χ0v) is 31.4. The molecule has 4 heterocycles. The van der Waals surface area contributed by atoms with E-state index in [1.54, 1.807) is 0 Å². The molecule has 268 valence electrons. The van der Waals surface area contributed by atoms with E-state index in [9.17, 15) is 0 Å². The van der Waals surface area contributed by atoms with Gasteiger partial charge in [0.25, 0.3) is 0 Å². The molecular weight excluding hydrogens is 717 g/mol. The summed E-state index contributed by atoms with van der Waals surface area (Å²) in [5, 5.41) is 10.8. The van der Waals surface area contributed by atoms with Crippen LogP contribution in [0.3, 0.4) is 0 Å². The third-order valence-corrected chi connectivity index (χ3v) is 12.4. The first-order valence-corrected chi connectivity index (χ1v) is 20.0. The molecule has 11 aromatic rings. The second-order valence-corrected chi connectivity index (χ2v) is 15.6. The molecule has 0 spiro atoms. The summed E-state index contributed by atoms with van der Waals surface area (Å²) >= 11 is 1.81. The molecule has 57 heavy (non-hydrogen) atoms. The maximum atomic E-state index is 6.47. The Bertz CT molecular complexity index is 3450. The van der Waals surface area contributed by atoms with Crippen molar-refractivity contribution in [2.45, 2.75) is 6.17 Å². The summed E-state index contributed by atoms with van der Waals surface area (Å²) < 4.78 is 11.3. The van der Waals surface area contributed by atoms with Crippen molar-refractivity contribution in [2.75, 3.05) is 0 Å². The number of fused-ring (bicyclic) bond motifs is 9. The Morgan fingerprint density at radius 2 is 1.26 bits per heavy atom. The van der Waals surface area contributed by atoms with Crippen molar-refractivity contribution in [3.8, 4) is 16.8 Å². The van der Waals surface area contributed by atoms with Crippen LogP contribution in [0.15, 0.2) is 196 Å². The van der Waals surface area contributed by atoms with E-state index in [2.05, 4.69) is 162 Å². The van der Waals surface area contributed by atoms with Crippen LogP contribution in [0.1, 0.15) is 22.9 Å². The molecule has 0 bridgehead atoms. The minimum Gasteiger partial charge on any atom is -0.456 e. The summed E-state index contributed by atoms with van der Waals surface area (Å²) in [6.45, 7) is 0. The highest BCUT2D eigenvalue weighted by atomic mass is 32.1. The third kappa shape index (κ3) is 5.08. The van der Waals surface area contributed by atoms with E-state index < -0.39 is 6.17 Å². The molecule has 0 amide bonds. The molecule has 0 saturated heterocycles. The highest BCUT2D eigenvalue weighted by Gasteiger charge is 2.25. The molecule has 1 aliphatic rings. The Labute approximate surface area is 331 Å². The van der Waals surface area contributed by atoms with E-state index in [4.69, 9.17) is 14.4 Å². The fraction of sp³-hybridized carbons (Fsp3) is 0.0196. The van der Waals surface area contributed by atoms with Crippen LogP contribution in [0.2, 0.25) is 0 Å². The Morgan fingerprint density at radius 1 is 0.526 bits per heavy atom. The van der Waals surface area contributed by atoms with Crippen LogP contribution < -0.4 is 5.32 Å². The van der Waals surface area contributed by atoms with E-state index in [-0.39, 0.29) is 0 Å². The molecule has 6 heteroatoms. The summed E-state index contributed by atoms with van der Waals surface area (Å²) in [5.41, 5.74) is 10.7. The number of thiophene rings is 1. The van der Waals surface area contributed by atoms with Gasteiger partial charge in [-0.25, -0.2) is 9.98 Å². The number of aliphatic imine (C=N–C) groups is 2. The van der Waals surface area contributed by atoms with Crippen LogP contribution in [0.5, 0.6) is 0 Å². The zero-order valence-electron chi connectivity index (χ0n) is 30.6. The van der Waals surface area contributed by atoms with Gasteiger partial charge in [0.15, 0.2) is 12.0 Å². The number of hydrogen-bond acceptors (Lipinski definition) is 5. The van der Waals surface area contributed by atoms with E-state index in [0.717, 1.165) is 50.2 Å². The number of furan rings is 1. The van der Waals surface area contributed by atoms with E-state index in [1.165, 1.54) is 53.1 Å². The molecular formula is C51H32N4OS. The molecule has 0 aliphatic carbocycles. The Morgan fingerprint density at radius 3 is 2.16 bits per heavy atom. The zero-order chi connectivity index (χ0) is 37.5. The molecule has 1 N–H and O–H groups in total. The number of amidine groups is 2. The molecule has 8 aromatic carbocycles. The van der Waals surface area contributed by atoms with Gasteiger partial charge in [0.05, 0.1) is 11.0 Å². The van der Waals surface area contributed by atoms with Gasteiger partial charge in [-0.3, -0.25) is 0 Å². The van der Waals surface area contributed by atoms with Gasteiger partial charge in [0, 0.05) is 64.1 Å². The van der Waals surface area contributed by atoms with Gasteiger partial charge in [0.1, 0.15) is 17.0 Å². The van der Waals surface area contributed by atoms with Crippen molar-refractivity contribution in [2.24, 2.45) is 9.98 Å². The lowest BCUT2D eigenvalue weighted by Gasteiger charge is -2.23. The van der Waals surface area contributed by atoms with E-state index in [0.29, 0.717) is 5.84 Å². The van der Waals surface area contributed by atoms with Crippen molar-refractivity contribution < 1.29 is 4.42 Å². The van der Waals surface area contributed by atoms with Crippen molar-refractivity contribution in [3.05, 3.63) is 199 Å². The van der Waals surface area contributed by atoms with Crippen LogP contribution in [0, 0.1) is 0 Å². The van der Waals surface area contributed by atoms with Gasteiger partial charge in [-0.05, 0) is 59.7 Å². The van der Waals surface area contributed by atoms with Crippen LogP contribution in [0.4, 0.5) is 0 Å². The first kappa shape index (κ1) is 32.0. The Balaban J connectivity index is 0.986. The van der Waals surface area contributed by atoms with Crippen LogP contribution in [-0.4, -0.2) is 16.2 Å². The van der Waals surface area contributed by atoms with Crippen molar-refractivity contribution in [1.82, 2.24) is 9.88 Å². The molecule has 12 rings (SSSR count). The van der Waals surface area contributed by atoms with Gasteiger partial charge in [0.2, 0.25) is 0 Å². The Hall–Kier alpha value is -7.28. The van der Waals surface area contributed by atoms with Gasteiger partial charge in [-0.2, -0.15) is 0 Å². The van der Waals surface area contributed by atoms with Gasteiger partial charge < -0.3 is 14.3 Å². The summed E-state index contributed by atoms with van der Waals surface area (Å²) in [7, 11) is 0. The van der Waals surface area contributed by atoms with E-state index >= 15 is 0 Å². The number of rotatable bonds is 5. The monoisotopic (exact) mass is 748 g/mol. The largest absolute Gasteiger partial charge is 0.456 e. The molecule has 3 aromatic heterocycles. The summed E-state index contributed by atoms with van der Waals surface area (Å²) in [4.78, 5) is 10.4. The molecule has 0 fully saturated rings. The van der Waals surface area contributed by atoms with Crippen LogP contribution in [-0.2, 0) is 0 Å². The van der Waals surface area contributed by atoms with Crippen molar-refractivity contribution in [1.29, 1.82) is 0 Å². The number of aromatic nitrogens is 1. The minimum absolute atomic E-state index is 0.395. The van der Waals surface area contributed by atoms with Gasteiger partial charge >= 0.3 is 0 Å². The third-order valence-electron chi connectivity index (χ3n) is 11.3. The molecule has 5 nitrogen and oxygen atoms in total. The number of nitrogens with zero attached hydrogens (tertiary/aromatic N) is 3. The quantitative estimate of drug-likeness (QED) is 0.191. The highest BCUT2D eigenvalue weighted by Crippen LogP contribution is 2.42.